The lowest BCUT2D eigenvalue weighted by Gasteiger charge is -2.16. The van der Waals surface area contributed by atoms with E-state index in [4.69, 9.17) is 0 Å². The van der Waals surface area contributed by atoms with Gasteiger partial charge in [0.15, 0.2) is 0 Å². The molecular formula is C11H15FN2O4S2. The smallest absolute Gasteiger partial charge is 0.245 e. The maximum absolute atomic E-state index is 13.9. The van der Waals surface area contributed by atoms with Crippen molar-refractivity contribution >= 4 is 25.7 Å². The molecule has 0 unspecified atom stereocenters. The van der Waals surface area contributed by atoms with Crippen molar-refractivity contribution in [2.24, 2.45) is 0 Å². The van der Waals surface area contributed by atoms with E-state index in [9.17, 15) is 21.2 Å². The second-order valence-corrected chi connectivity index (χ2v) is 8.29. The lowest BCUT2D eigenvalue weighted by Crippen LogP contribution is -2.28. The van der Waals surface area contributed by atoms with Gasteiger partial charge in [-0.2, -0.15) is 4.31 Å². The number of hydrogen-bond donors (Lipinski definition) is 1. The third kappa shape index (κ3) is 3.28. The Hall–Kier alpha value is -1.19. The summed E-state index contributed by atoms with van der Waals surface area (Å²) < 4.78 is 63.7. The maximum atomic E-state index is 13.9. The van der Waals surface area contributed by atoms with Gasteiger partial charge in [-0.05, 0) is 31.0 Å². The van der Waals surface area contributed by atoms with E-state index in [1.165, 1.54) is 10.4 Å². The van der Waals surface area contributed by atoms with E-state index >= 15 is 0 Å². The maximum Gasteiger partial charge on any atom is 0.245 e. The minimum absolute atomic E-state index is 0.00891. The van der Waals surface area contributed by atoms with Gasteiger partial charge in [0.1, 0.15) is 10.7 Å². The van der Waals surface area contributed by atoms with E-state index in [2.05, 4.69) is 4.72 Å². The first-order valence-corrected chi connectivity index (χ1v) is 9.31. The highest BCUT2D eigenvalue weighted by molar-refractivity contribution is 7.92. The Balaban J connectivity index is 2.34. The first-order valence-electron chi connectivity index (χ1n) is 5.98. The Bertz CT molecular complexity index is 710. The minimum atomic E-state index is -3.85. The molecule has 6 nitrogen and oxygen atoms in total. The van der Waals surface area contributed by atoms with E-state index in [1.807, 2.05) is 0 Å². The number of anilines is 1. The van der Waals surface area contributed by atoms with Gasteiger partial charge < -0.3 is 0 Å². The molecule has 0 saturated carbocycles. The first-order chi connectivity index (χ1) is 9.20. The zero-order chi connectivity index (χ0) is 15.0. The highest BCUT2D eigenvalue weighted by atomic mass is 32.2. The third-order valence-corrected chi connectivity index (χ3v) is 5.46. The molecule has 112 valence electrons. The summed E-state index contributed by atoms with van der Waals surface area (Å²) >= 11 is 0. The lowest BCUT2D eigenvalue weighted by atomic mass is 10.3. The molecule has 0 atom stereocenters. The lowest BCUT2D eigenvalue weighted by molar-refractivity contribution is 0.470. The summed E-state index contributed by atoms with van der Waals surface area (Å²) in [5.74, 6) is -0.967. The van der Waals surface area contributed by atoms with Crippen molar-refractivity contribution in [3.05, 3.63) is 24.0 Å². The zero-order valence-electron chi connectivity index (χ0n) is 10.8. The van der Waals surface area contributed by atoms with Crippen LogP contribution in [-0.4, -0.2) is 40.5 Å². The fraction of sp³-hybridized carbons (Fsp3) is 0.455. The van der Waals surface area contributed by atoms with Crippen LogP contribution in [0.2, 0.25) is 0 Å². The molecule has 20 heavy (non-hydrogen) atoms. The van der Waals surface area contributed by atoms with Crippen molar-refractivity contribution in [2.75, 3.05) is 24.1 Å². The number of nitrogens with zero attached hydrogens (tertiary/aromatic N) is 1. The van der Waals surface area contributed by atoms with Gasteiger partial charge in [0.05, 0.1) is 11.9 Å². The number of nitrogens with one attached hydrogen (secondary N) is 1. The fourth-order valence-electron chi connectivity index (χ4n) is 2.06. The third-order valence-electron chi connectivity index (χ3n) is 2.92. The van der Waals surface area contributed by atoms with Crippen LogP contribution in [-0.2, 0) is 20.0 Å². The number of halogens is 1. The van der Waals surface area contributed by atoms with Gasteiger partial charge >= 0.3 is 0 Å². The summed E-state index contributed by atoms with van der Waals surface area (Å²) in [6, 6.07) is 3.17. The summed E-state index contributed by atoms with van der Waals surface area (Å²) in [7, 11) is -7.38. The van der Waals surface area contributed by atoms with Crippen molar-refractivity contribution < 1.29 is 21.2 Å². The van der Waals surface area contributed by atoms with Crippen molar-refractivity contribution in [2.45, 2.75) is 17.7 Å². The molecule has 1 aromatic rings. The quantitative estimate of drug-likeness (QED) is 0.896. The van der Waals surface area contributed by atoms with E-state index in [1.54, 1.807) is 0 Å². The summed E-state index contributed by atoms with van der Waals surface area (Å²) in [5, 5.41) is 0. The number of benzene rings is 1. The Morgan fingerprint density at radius 3 is 2.25 bits per heavy atom. The van der Waals surface area contributed by atoms with Crippen molar-refractivity contribution in [1.29, 1.82) is 0 Å². The molecule has 1 aromatic carbocycles. The van der Waals surface area contributed by atoms with Gasteiger partial charge in [-0.3, -0.25) is 4.72 Å². The standard InChI is InChI=1S/C11H15FN2O4S2/c1-19(15,16)13-9-4-5-11(10(12)8-9)20(17,18)14-6-2-3-7-14/h4-5,8,13H,2-3,6-7H2,1H3. The van der Waals surface area contributed by atoms with Crippen LogP contribution in [0.25, 0.3) is 0 Å². The van der Waals surface area contributed by atoms with Crippen molar-refractivity contribution in [3.63, 3.8) is 0 Å². The Labute approximate surface area is 117 Å². The van der Waals surface area contributed by atoms with Crippen LogP contribution in [0.4, 0.5) is 10.1 Å². The molecule has 1 fully saturated rings. The van der Waals surface area contributed by atoms with E-state index in [0.29, 0.717) is 13.1 Å². The summed E-state index contributed by atoms with van der Waals surface area (Å²) in [4.78, 5) is -0.432. The number of hydrogen-bond acceptors (Lipinski definition) is 4. The highest BCUT2D eigenvalue weighted by Crippen LogP contribution is 2.25. The molecule has 1 aliphatic heterocycles. The molecule has 2 rings (SSSR count). The zero-order valence-corrected chi connectivity index (χ0v) is 12.5. The van der Waals surface area contributed by atoms with E-state index < -0.39 is 30.8 Å². The number of rotatable bonds is 4. The molecule has 9 heteroatoms. The van der Waals surface area contributed by atoms with Crippen LogP contribution in [0.15, 0.2) is 23.1 Å². The largest absolute Gasteiger partial charge is 0.284 e. The predicted molar refractivity (Wildman–Crippen MR) is 72.9 cm³/mol. The molecular weight excluding hydrogens is 307 g/mol. The molecule has 1 heterocycles. The van der Waals surface area contributed by atoms with Gasteiger partial charge in [-0.15, -0.1) is 0 Å². The molecule has 1 saturated heterocycles. The molecule has 0 spiro atoms. The van der Waals surface area contributed by atoms with Gasteiger partial charge in [0.25, 0.3) is 0 Å². The van der Waals surface area contributed by atoms with Crippen LogP contribution in [0.5, 0.6) is 0 Å². The second-order valence-electron chi connectivity index (χ2n) is 4.63. The van der Waals surface area contributed by atoms with E-state index in [-0.39, 0.29) is 5.69 Å². The van der Waals surface area contributed by atoms with Crippen molar-refractivity contribution in [1.82, 2.24) is 4.31 Å². The second kappa shape index (κ2) is 5.30. The van der Waals surface area contributed by atoms with Gasteiger partial charge in [-0.1, -0.05) is 0 Å². The summed E-state index contributed by atoms with van der Waals surface area (Å²) in [6.07, 6.45) is 2.45. The Kier molecular flexibility index (Phi) is 4.03. The van der Waals surface area contributed by atoms with Gasteiger partial charge in [0.2, 0.25) is 20.0 Å². The average molecular weight is 322 g/mol. The van der Waals surface area contributed by atoms with Crippen LogP contribution in [0.3, 0.4) is 0 Å². The van der Waals surface area contributed by atoms with Crippen LogP contribution in [0.1, 0.15) is 12.8 Å². The monoisotopic (exact) mass is 322 g/mol. The normalized spacial score (nSPS) is 17.3. The first kappa shape index (κ1) is 15.2. The molecule has 1 aliphatic rings. The topological polar surface area (TPSA) is 83.5 Å². The van der Waals surface area contributed by atoms with E-state index in [0.717, 1.165) is 31.2 Å². The average Bonchev–Trinajstić information content (AvgIpc) is 2.79. The van der Waals surface area contributed by atoms with Gasteiger partial charge in [-0.25, -0.2) is 21.2 Å². The van der Waals surface area contributed by atoms with Gasteiger partial charge in [0, 0.05) is 13.1 Å². The Morgan fingerprint density at radius 1 is 1.15 bits per heavy atom. The van der Waals surface area contributed by atoms with Crippen LogP contribution >= 0.6 is 0 Å². The molecule has 0 aliphatic carbocycles. The van der Waals surface area contributed by atoms with Crippen LogP contribution in [0, 0.1) is 5.82 Å². The minimum Gasteiger partial charge on any atom is -0.284 e. The highest BCUT2D eigenvalue weighted by Gasteiger charge is 2.29. The molecule has 0 aromatic heterocycles. The predicted octanol–water partition coefficient (Wildman–Crippen LogP) is 0.982. The van der Waals surface area contributed by atoms with Crippen molar-refractivity contribution in [3.8, 4) is 0 Å². The Morgan fingerprint density at radius 2 is 1.75 bits per heavy atom. The summed E-state index contributed by atoms with van der Waals surface area (Å²) in [5.41, 5.74) is -0.00891. The molecule has 0 radical (unpaired) electrons. The number of sulfonamides is 2. The molecule has 0 bridgehead atoms. The fourth-order valence-corrected chi connectivity index (χ4v) is 4.17. The molecule has 1 N–H and O–H groups in total. The van der Waals surface area contributed by atoms with Crippen LogP contribution < -0.4 is 4.72 Å². The summed E-state index contributed by atoms with van der Waals surface area (Å²) in [6.45, 7) is 0.760. The SMILES string of the molecule is CS(=O)(=O)Nc1ccc(S(=O)(=O)N2CCCC2)c(F)c1. The molecule has 0 amide bonds.